The van der Waals surface area contributed by atoms with Crippen LogP contribution in [0.15, 0.2) is 22.6 Å². The zero-order valence-corrected chi connectivity index (χ0v) is 7.63. The first-order valence-corrected chi connectivity index (χ1v) is 4.75. The Morgan fingerprint density at radius 2 is 2.31 bits per heavy atom. The van der Waals surface area contributed by atoms with Gasteiger partial charge in [0.25, 0.3) is 0 Å². The second-order valence-electron chi connectivity index (χ2n) is 3.77. The highest BCUT2D eigenvalue weighted by Crippen LogP contribution is 2.45. The van der Waals surface area contributed by atoms with Gasteiger partial charge in [-0.15, -0.1) is 0 Å². The first kappa shape index (κ1) is 7.19. The molecule has 65 valence electrons. The number of hydrogen-bond acceptors (Lipinski definition) is 1. The minimum Gasteiger partial charge on any atom is -0.461 e. The van der Waals surface area contributed by atoms with Crippen LogP contribution >= 0.6 is 0 Å². The van der Waals surface area contributed by atoms with Gasteiger partial charge in [-0.1, -0.05) is 6.07 Å². The van der Waals surface area contributed by atoms with Crippen molar-refractivity contribution in [3.63, 3.8) is 0 Å². The van der Waals surface area contributed by atoms with E-state index in [1.54, 1.807) is 0 Å². The van der Waals surface area contributed by atoms with Crippen LogP contribution in [-0.4, -0.2) is 0 Å². The SMILES string of the molecule is Cc1oc2cc[c]cc2c1C1CC1. The Labute approximate surface area is 77.4 Å². The van der Waals surface area contributed by atoms with E-state index in [9.17, 15) is 0 Å². The number of rotatable bonds is 1. The molecule has 1 saturated carbocycles. The summed E-state index contributed by atoms with van der Waals surface area (Å²) in [5.74, 6) is 1.86. The zero-order valence-electron chi connectivity index (χ0n) is 7.63. The molecule has 0 bridgehead atoms. The van der Waals surface area contributed by atoms with Crippen LogP contribution < -0.4 is 0 Å². The average molecular weight is 171 g/mol. The second-order valence-corrected chi connectivity index (χ2v) is 3.77. The van der Waals surface area contributed by atoms with Crippen molar-refractivity contribution in [2.24, 2.45) is 0 Å². The van der Waals surface area contributed by atoms with Crippen molar-refractivity contribution in [2.75, 3.05) is 0 Å². The average Bonchev–Trinajstić information content (AvgIpc) is 2.88. The molecule has 1 heteroatoms. The summed E-state index contributed by atoms with van der Waals surface area (Å²) >= 11 is 0. The third-order valence-electron chi connectivity index (χ3n) is 2.74. The number of benzene rings is 1. The molecule has 13 heavy (non-hydrogen) atoms. The molecule has 1 radical (unpaired) electrons. The molecule has 0 saturated heterocycles. The molecule has 1 fully saturated rings. The lowest BCUT2D eigenvalue weighted by atomic mass is 10.1. The van der Waals surface area contributed by atoms with Gasteiger partial charge in [0.15, 0.2) is 0 Å². The van der Waals surface area contributed by atoms with E-state index in [1.807, 2.05) is 18.2 Å². The quantitative estimate of drug-likeness (QED) is 0.640. The van der Waals surface area contributed by atoms with Crippen molar-refractivity contribution in [3.05, 3.63) is 35.6 Å². The molecule has 3 rings (SSSR count). The van der Waals surface area contributed by atoms with Gasteiger partial charge < -0.3 is 4.42 Å². The van der Waals surface area contributed by atoms with Gasteiger partial charge in [-0.05, 0) is 43.9 Å². The maximum atomic E-state index is 5.68. The number of hydrogen-bond donors (Lipinski definition) is 0. The van der Waals surface area contributed by atoms with E-state index in [0.717, 1.165) is 17.3 Å². The molecular weight excluding hydrogens is 160 g/mol. The number of aryl methyl sites for hydroxylation is 1. The molecule has 0 N–H and O–H groups in total. The fourth-order valence-electron chi connectivity index (χ4n) is 2.00. The maximum Gasteiger partial charge on any atom is 0.134 e. The molecule has 1 aliphatic rings. The second kappa shape index (κ2) is 2.38. The van der Waals surface area contributed by atoms with Crippen LogP contribution in [0.3, 0.4) is 0 Å². The first-order valence-electron chi connectivity index (χ1n) is 4.75. The first-order chi connectivity index (χ1) is 6.36. The molecule has 1 aromatic heterocycles. The highest BCUT2D eigenvalue weighted by atomic mass is 16.3. The standard InChI is InChI=1S/C12H11O/c1-8-12(9-6-7-9)10-4-2-3-5-11(10)13-8/h3-5,9H,6-7H2,1H3. The van der Waals surface area contributed by atoms with Gasteiger partial charge in [0.05, 0.1) is 0 Å². The molecule has 2 aromatic rings. The van der Waals surface area contributed by atoms with Gasteiger partial charge in [0, 0.05) is 10.9 Å². The smallest absolute Gasteiger partial charge is 0.134 e. The summed E-state index contributed by atoms with van der Waals surface area (Å²) in [4.78, 5) is 0. The Morgan fingerprint density at radius 3 is 3.08 bits per heavy atom. The molecular formula is C12H11O. The summed E-state index contributed by atoms with van der Waals surface area (Å²) < 4.78 is 5.68. The highest BCUT2D eigenvalue weighted by Gasteiger charge is 2.29. The van der Waals surface area contributed by atoms with Crippen molar-refractivity contribution in [1.29, 1.82) is 0 Å². The van der Waals surface area contributed by atoms with Crippen molar-refractivity contribution in [3.8, 4) is 0 Å². The molecule has 0 aliphatic heterocycles. The molecule has 0 spiro atoms. The fourth-order valence-corrected chi connectivity index (χ4v) is 2.00. The molecule has 0 atom stereocenters. The highest BCUT2D eigenvalue weighted by molar-refractivity contribution is 5.83. The van der Waals surface area contributed by atoms with Crippen molar-refractivity contribution in [1.82, 2.24) is 0 Å². The largest absolute Gasteiger partial charge is 0.461 e. The summed E-state index contributed by atoms with van der Waals surface area (Å²) in [7, 11) is 0. The van der Waals surface area contributed by atoms with Crippen molar-refractivity contribution >= 4 is 11.0 Å². The van der Waals surface area contributed by atoms with E-state index in [-0.39, 0.29) is 0 Å². The van der Waals surface area contributed by atoms with Crippen LogP contribution in [0.2, 0.25) is 0 Å². The van der Waals surface area contributed by atoms with E-state index in [1.165, 1.54) is 23.8 Å². The fraction of sp³-hybridized carbons (Fsp3) is 0.333. The normalized spacial score (nSPS) is 16.7. The summed E-state index contributed by atoms with van der Waals surface area (Å²) in [6.07, 6.45) is 2.65. The van der Waals surface area contributed by atoms with Crippen molar-refractivity contribution < 1.29 is 4.42 Å². The Balaban J connectivity index is 2.35. The summed E-state index contributed by atoms with van der Waals surface area (Å²) in [5, 5.41) is 1.27. The predicted octanol–water partition coefficient (Wildman–Crippen LogP) is 3.42. The van der Waals surface area contributed by atoms with Crippen LogP contribution in [0.5, 0.6) is 0 Å². The zero-order chi connectivity index (χ0) is 8.84. The lowest BCUT2D eigenvalue weighted by molar-refractivity contribution is 0.572. The Bertz CT molecular complexity index is 449. The van der Waals surface area contributed by atoms with E-state index < -0.39 is 0 Å². The van der Waals surface area contributed by atoms with E-state index >= 15 is 0 Å². The van der Waals surface area contributed by atoms with Gasteiger partial charge in [0.1, 0.15) is 11.3 Å². The Morgan fingerprint density at radius 1 is 1.46 bits per heavy atom. The number of fused-ring (bicyclic) bond motifs is 1. The van der Waals surface area contributed by atoms with Gasteiger partial charge in [0.2, 0.25) is 0 Å². The van der Waals surface area contributed by atoms with Crippen molar-refractivity contribution in [2.45, 2.75) is 25.7 Å². The number of furan rings is 1. The minimum atomic E-state index is 0.761. The van der Waals surface area contributed by atoms with Crippen LogP contribution in [0, 0.1) is 13.0 Å². The summed E-state index contributed by atoms with van der Waals surface area (Å²) in [6.45, 7) is 2.06. The van der Waals surface area contributed by atoms with Gasteiger partial charge >= 0.3 is 0 Å². The summed E-state index contributed by atoms with van der Waals surface area (Å²) in [5.41, 5.74) is 2.44. The molecule has 0 unspecified atom stereocenters. The topological polar surface area (TPSA) is 13.1 Å². The molecule has 1 nitrogen and oxygen atoms in total. The van der Waals surface area contributed by atoms with Crippen LogP contribution in [0.4, 0.5) is 0 Å². The van der Waals surface area contributed by atoms with E-state index in [2.05, 4.69) is 13.0 Å². The molecule has 1 heterocycles. The third kappa shape index (κ3) is 0.998. The Kier molecular flexibility index (Phi) is 1.32. The van der Waals surface area contributed by atoms with Gasteiger partial charge in [-0.3, -0.25) is 0 Å². The van der Waals surface area contributed by atoms with E-state index in [4.69, 9.17) is 4.42 Å². The third-order valence-corrected chi connectivity index (χ3v) is 2.74. The van der Waals surface area contributed by atoms with Gasteiger partial charge in [-0.2, -0.15) is 0 Å². The maximum absolute atomic E-state index is 5.68. The molecule has 0 amide bonds. The molecule has 1 aliphatic carbocycles. The predicted molar refractivity (Wildman–Crippen MR) is 51.8 cm³/mol. The summed E-state index contributed by atoms with van der Waals surface area (Å²) in [6, 6.07) is 9.05. The van der Waals surface area contributed by atoms with Crippen LogP contribution in [0.25, 0.3) is 11.0 Å². The molecule has 1 aromatic carbocycles. The minimum absolute atomic E-state index is 0.761. The lowest BCUT2D eigenvalue weighted by Crippen LogP contribution is -1.78. The monoisotopic (exact) mass is 171 g/mol. The lowest BCUT2D eigenvalue weighted by Gasteiger charge is -1.93. The van der Waals surface area contributed by atoms with Crippen LogP contribution in [0.1, 0.15) is 30.1 Å². The van der Waals surface area contributed by atoms with Crippen LogP contribution in [-0.2, 0) is 0 Å². The van der Waals surface area contributed by atoms with Gasteiger partial charge in [-0.25, -0.2) is 0 Å². The Hall–Kier alpha value is -1.24. The van der Waals surface area contributed by atoms with E-state index in [0.29, 0.717) is 0 Å².